The molecular weight excluding hydrogens is 224 g/mol. The molecule has 1 aromatic heterocycles. The second kappa shape index (κ2) is 4.84. The average molecular weight is 246 g/mol. The molecular formula is C14H22N4. The molecule has 0 aliphatic heterocycles. The summed E-state index contributed by atoms with van der Waals surface area (Å²) in [6.45, 7) is 2.34. The van der Waals surface area contributed by atoms with Crippen LogP contribution < -0.4 is 11.3 Å². The Bertz CT molecular complexity index is 420. The molecule has 0 spiro atoms. The van der Waals surface area contributed by atoms with Gasteiger partial charge in [0.1, 0.15) is 11.6 Å². The van der Waals surface area contributed by atoms with Crippen LogP contribution in [-0.2, 0) is 0 Å². The largest absolute Gasteiger partial charge is 0.308 e. The van der Waals surface area contributed by atoms with Gasteiger partial charge in [0.15, 0.2) is 0 Å². The van der Waals surface area contributed by atoms with Crippen molar-refractivity contribution in [2.75, 3.05) is 5.43 Å². The van der Waals surface area contributed by atoms with Crippen molar-refractivity contribution in [2.45, 2.75) is 57.3 Å². The fourth-order valence-corrected chi connectivity index (χ4v) is 2.85. The van der Waals surface area contributed by atoms with Gasteiger partial charge < -0.3 is 5.43 Å². The topological polar surface area (TPSA) is 63.8 Å². The van der Waals surface area contributed by atoms with Gasteiger partial charge in [-0.1, -0.05) is 19.8 Å². The van der Waals surface area contributed by atoms with Crippen LogP contribution in [0.4, 0.5) is 5.82 Å². The Balaban J connectivity index is 1.83. The van der Waals surface area contributed by atoms with Crippen LogP contribution in [-0.4, -0.2) is 9.97 Å². The Morgan fingerprint density at radius 1 is 1.06 bits per heavy atom. The van der Waals surface area contributed by atoms with Crippen LogP contribution in [0, 0.1) is 5.92 Å². The van der Waals surface area contributed by atoms with Crippen molar-refractivity contribution in [2.24, 2.45) is 11.8 Å². The molecule has 3 N–H and O–H groups in total. The van der Waals surface area contributed by atoms with Crippen LogP contribution in [0.3, 0.4) is 0 Å². The molecule has 2 aliphatic rings. The van der Waals surface area contributed by atoms with Gasteiger partial charge in [-0.05, 0) is 31.6 Å². The Hall–Kier alpha value is -1.16. The standard InChI is InChI=1S/C14H22N4/c1-9-2-4-11(5-3-9)14-16-12(10-6-7-10)8-13(17-14)18-15/h8-11H,2-7,15H2,1H3,(H,16,17,18). The first-order chi connectivity index (χ1) is 8.76. The second-order valence-corrected chi connectivity index (χ2v) is 5.91. The lowest BCUT2D eigenvalue weighted by molar-refractivity contribution is 0.339. The van der Waals surface area contributed by atoms with Crippen LogP contribution in [0.5, 0.6) is 0 Å². The molecule has 4 nitrogen and oxygen atoms in total. The van der Waals surface area contributed by atoms with Gasteiger partial charge in [-0.3, -0.25) is 0 Å². The number of anilines is 1. The first kappa shape index (κ1) is 11.9. The van der Waals surface area contributed by atoms with Gasteiger partial charge in [-0.15, -0.1) is 0 Å². The van der Waals surface area contributed by atoms with Crippen molar-refractivity contribution in [3.63, 3.8) is 0 Å². The molecule has 2 saturated carbocycles. The molecule has 3 rings (SSSR count). The quantitative estimate of drug-likeness (QED) is 0.636. The number of nitrogens with two attached hydrogens (primary N) is 1. The normalized spacial score (nSPS) is 28.1. The number of hydrogen-bond acceptors (Lipinski definition) is 4. The minimum atomic E-state index is 0.534. The van der Waals surface area contributed by atoms with Crippen LogP contribution >= 0.6 is 0 Å². The number of nitrogens with one attached hydrogen (secondary N) is 1. The summed E-state index contributed by atoms with van der Waals surface area (Å²) in [6.07, 6.45) is 7.57. The van der Waals surface area contributed by atoms with E-state index in [9.17, 15) is 0 Å². The second-order valence-electron chi connectivity index (χ2n) is 5.91. The zero-order chi connectivity index (χ0) is 12.5. The van der Waals surface area contributed by atoms with Gasteiger partial charge in [0.05, 0.1) is 0 Å². The predicted molar refractivity (Wildman–Crippen MR) is 72.2 cm³/mol. The third kappa shape index (κ3) is 2.48. The van der Waals surface area contributed by atoms with E-state index in [1.54, 1.807) is 0 Å². The highest BCUT2D eigenvalue weighted by Crippen LogP contribution is 2.41. The van der Waals surface area contributed by atoms with E-state index in [-0.39, 0.29) is 0 Å². The van der Waals surface area contributed by atoms with E-state index in [1.807, 2.05) is 6.07 Å². The van der Waals surface area contributed by atoms with Crippen LogP contribution in [0.2, 0.25) is 0 Å². The maximum atomic E-state index is 5.52. The van der Waals surface area contributed by atoms with Gasteiger partial charge in [0.2, 0.25) is 0 Å². The molecule has 2 aliphatic carbocycles. The number of aromatic nitrogens is 2. The van der Waals surface area contributed by atoms with E-state index in [4.69, 9.17) is 10.8 Å². The highest BCUT2D eigenvalue weighted by molar-refractivity contribution is 5.37. The van der Waals surface area contributed by atoms with E-state index in [0.717, 1.165) is 17.6 Å². The van der Waals surface area contributed by atoms with Crippen LogP contribution in [0.25, 0.3) is 0 Å². The maximum absolute atomic E-state index is 5.52. The molecule has 0 amide bonds. The molecule has 0 saturated heterocycles. The van der Waals surface area contributed by atoms with Crippen molar-refractivity contribution >= 4 is 5.82 Å². The zero-order valence-corrected chi connectivity index (χ0v) is 11.0. The third-order valence-corrected chi connectivity index (χ3v) is 4.29. The van der Waals surface area contributed by atoms with Crippen molar-refractivity contribution in [3.8, 4) is 0 Å². The SMILES string of the molecule is CC1CCC(c2nc(NN)cc(C3CC3)n2)CC1. The monoisotopic (exact) mass is 246 g/mol. The van der Waals surface area contributed by atoms with Gasteiger partial charge >= 0.3 is 0 Å². The summed E-state index contributed by atoms with van der Waals surface area (Å²) in [5, 5.41) is 0. The Labute approximate surface area is 108 Å². The molecule has 0 radical (unpaired) electrons. The fraction of sp³-hybridized carbons (Fsp3) is 0.714. The smallest absolute Gasteiger partial charge is 0.143 e. The third-order valence-electron chi connectivity index (χ3n) is 4.29. The molecule has 0 aromatic carbocycles. The van der Waals surface area contributed by atoms with Gasteiger partial charge in [0.25, 0.3) is 0 Å². The predicted octanol–water partition coefficient (Wildman–Crippen LogP) is 2.93. The number of hydrazine groups is 1. The molecule has 4 heteroatoms. The van der Waals surface area contributed by atoms with E-state index in [2.05, 4.69) is 17.3 Å². The Morgan fingerprint density at radius 2 is 1.72 bits per heavy atom. The van der Waals surface area contributed by atoms with Crippen LogP contribution in [0.1, 0.15) is 68.8 Å². The van der Waals surface area contributed by atoms with Crippen LogP contribution in [0.15, 0.2) is 6.07 Å². The summed E-state index contributed by atoms with van der Waals surface area (Å²) in [7, 11) is 0. The van der Waals surface area contributed by atoms with Crippen molar-refractivity contribution in [1.82, 2.24) is 9.97 Å². The Kier molecular flexibility index (Phi) is 3.20. The summed E-state index contributed by atoms with van der Waals surface area (Å²) < 4.78 is 0. The lowest BCUT2D eigenvalue weighted by Gasteiger charge is -2.25. The summed E-state index contributed by atoms with van der Waals surface area (Å²) in [5.74, 6) is 9.36. The zero-order valence-electron chi connectivity index (χ0n) is 11.0. The van der Waals surface area contributed by atoms with E-state index in [0.29, 0.717) is 11.8 Å². The van der Waals surface area contributed by atoms with Crippen molar-refractivity contribution in [3.05, 3.63) is 17.6 Å². The summed E-state index contributed by atoms with van der Waals surface area (Å²) in [5.41, 5.74) is 3.87. The lowest BCUT2D eigenvalue weighted by Crippen LogP contribution is -2.16. The first-order valence-corrected chi connectivity index (χ1v) is 7.11. The molecule has 18 heavy (non-hydrogen) atoms. The minimum absolute atomic E-state index is 0.534. The Morgan fingerprint density at radius 3 is 2.33 bits per heavy atom. The minimum Gasteiger partial charge on any atom is -0.308 e. The molecule has 0 unspecified atom stereocenters. The summed E-state index contributed by atoms with van der Waals surface area (Å²) in [6, 6.07) is 2.01. The van der Waals surface area contributed by atoms with Gasteiger partial charge in [-0.25, -0.2) is 15.8 Å². The van der Waals surface area contributed by atoms with E-state index in [1.165, 1.54) is 44.2 Å². The van der Waals surface area contributed by atoms with Gasteiger partial charge in [-0.2, -0.15) is 0 Å². The fourth-order valence-electron chi connectivity index (χ4n) is 2.85. The summed E-state index contributed by atoms with van der Waals surface area (Å²) in [4.78, 5) is 9.35. The molecule has 2 fully saturated rings. The van der Waals surface area contributed by atoms with E-state index < -0.39 is 0 Å². The van der Waals surface area contributed by atoms with E-state index >= 15 is 0 Å². The molecule has 0 atom stereocenters. The summed E-state index contributed by atoms with van der Waals surface area (Å²) >= 11 is 0. The molecule has 1 aromatic rings. The molecule has 98 valence electrons. The van der Waals surface area contributed by atoms with Crippen molar-refractivity contribution < 1.29 is 0 Å². The lowest BCUT2D eigenvalue weighted by atomic mass is 9.82. The van der Waals surface area contributed by atoms with Crippen molar-refractivity contribution in [1.29, 1.82) is 0 Å². The highest BCUT2D eigenvalue weighted by Gasteiger charge is 2.28. The highest BCUT2D eigenvalue weighted by atomic mass is 15.3. The van der Waals surface area contributed by atoms with Gasteiger partial charge in [0, 0.05) is 23.6 Å². The maximum Gasteiger partial charge on any atom is 0.143 e. The molecule has 1 heterocycles. The number of nitrogens with zero attached hydrogens (tertiary/aromatic N) is 2. The number of nitrogen functional groups attached to an aromatic ring is 1. The number of rotatable bonds is 3. The molecule has 0 bridgehead atoms. The first-order valence-electron chi connectivity index (χ1n) is 7.11. The number of hydrogen-bond donors (Lipinski definition) is 2. The average Bonchev–Trinajstić information content (AvgIpc) is 3.23.